The lowest BCUT2D eigenvalue weighted by Crippen LogP contribution is -2.10. The van der Waals surface area contributed by atoms with Gasteiger partial charge >= 0.3 is 0 Å². The van der Waals surface area contributed by atoms with Crippen LogP contribution in [-0.2, 0) is 9.59 Å². The molecule has 0 aliphatic heterocycles. The first-order valence-corrected chi connectivity index (χ1v) is 9.11. The second-order valence-corrected chi connectivity index (χ2v) is 6.68. The molecule has 1 aliphatic rings. The van der Waals surface area contributed by atoms with Crippen molar-refractivity contribution in [2.24, 2.45) is 0 Å². The molecule has 0 atom stereocenters. The summed E-state index contributed by atoms with van der Waals surface area (Å²) in [7, 11) is 0. The third kappa shape index (κ3) is 7.75. The Labute approximate surface area is 137 Å². The summed E-state index contributed by atoms with van der Waals surface area (Å²) in [6.45, 7) is 2.24. The van der Waals surface area contributed by atoms with E-state index in [9.17, 15) is 9.59 Å². The molecule has 0 fully saturated rings. The van der Waals surface area contributed by atoms with Crippen molar-refractivity contribution in [3.63, 3.8) is 0 Å². The number of carbonyl (C=O) groups is 2. The first-order chi connectivity index (χ1) is 10.1. The molecule has 0 unspecified atom stereocenters. The molecule has 0 saturated heterocycles. The number of hydrogen-bond acceptors (Lipinski definition) is 2. The normalized spacial score (nSPS) is 15.1. The van der Waals surface area contributed by atoms with Crippen LogP contribution in [0.4, 0.5) is 0 Å². The van der Waals surface area contributed by atoms with Gasteiger partial charge < -0.3 is 0 Å². The summed E-state index contributed by atoms with van der Waals surface area (Å²) in [6.07, 6.45) is 16.4. The molecule has 0 saturated carbocycles. The zero-order valence-electron chi connectivity index (χ0n) is 13.1. The molecule has 1 aliphatic carbocycles. The number of hydrogen-bond donors (Lipinski definition) is 0. The van der Waals surface area contributed by atoms with Crippen molar-refractivity contribution in [1.82, 2.24) is 0 Å². The Morgan fingerprint density at radius 2 is 1.29 bits per heavy atom. The van der Waals surface area contributed by atoms with Crippen molar-refractivity contribution in [2.75, 3.05) is 0 Å². The van der Waals surface area contributed by atoms with Gasteiger partial charge in [-0.2, -0.15) is 0 Å². The summed E-state index contributed by atoms with van der Waals surface area (Å²) in [6, 6.07) is 0. The molecule has 0 amide bonds. The highest BCUT2D eigenvalue weighted by atomic mass is 79.9. The highest BCUT2D eigenvalue weighted by Gasteiger charge is 2.17. The predicted molar refractivity (Wildman–Crippen MR) is 91.6 cm³/mol. The minimum absolute atomic E-state index is 0.0163. The van der Waals surface area contributed by atoms with Crippen LogP contribution in [-0.4, -0.2) is 11.6 Å². The summed E-state index contributed by atoms with van der Waals surface area (Å²) >= 11 is 3.10. The Morgan fingerprint density at radius 1 is 0.762 bits per heavy atom. The first-order valence-electron chi connectivity index (χ1n) is 8.31. The molecule has 0 bridgehead atoms. The van der Waals surface area contributed by atoms with E-state index in [4.69, 9.17) is 0 Å². The fourth-order valence-corrected chi connectivity index (χ4v) is 2.90. The van der Waals surface area contributed by atoms with E-state index in [0.29, 0.717) is 10.1 Å². The Bertz CT molecular complexity index is 407. The van der Waals surface area contributed by atoms with Gasteiger partial charge in [0.1, 0.15) is 0 Å². The van der Waals surface area contributed by atoms with Gasteiger partial charge in [0.15, 0.2) is 11.6 Å². The lowest BCUT2D eigenvalue weighted by atomic mass is 9.97. The molecular formula is C18H27BrO2. The minimum atomic E-state index is -0.0864. The lowest BCUT2D eigenvalue weighted by molar-refractivity contribution is -0.114. The third-order valence-corrected chi connectivity index (χ3v) is 4.53. The maximum Gasteiger partial charge on any atom is 0.193 e. The Kier molecular flexibility index (Phi) is 9.56. The van der Waals surface area contributed by atoms with E-state index in [2.05, 4.69) is 22.9 Å². The van der Waals surface area contributed by atoms with Gasteiger partial charge in [0.25, 0.3) is 0 Å². The average Bonchev–Trinajstić information content (AvgIpc) is 2.46. The van der Waals surface area contributed by atoms with Crippen LogP contribution >= 0.6 is 15.9 Å². The smallest absolute Gasteiger partial charge is 0.193 e. The van der Waals surface area contributed by atoms with Crippen LogP contribution < -0.4 is 0 Å². The van der Waals surface area contributed by atoms with E-state index in [1.54, 1.807) is 0 Å². The zero-order valence-corrected chi connectivity index (χ0v) is 14.7. The van der Waals surface area contributed by atoms with Gasteiger partial charge in [-0.15, -0.1) is 0 Å². The SMILES string of the molecule is CCCCCCCCCCCCC1=CC(=O)C(Br)=CC1=O. The zero-order chi connectivity index (χ0) is 15.5. The van der Waals surface area contributed by atoms with Crippen molar-refractivity contribution < 1.29 is 9.59 Å². The Hall–Kier alpha value is -0.700. The van der Waals surface area contributed by atoms with Crippen molar-refractivity contribution >= 4 is 27.5 Å². The lowest BCUT2D eigenvalue weighted by Gasteiger charge is -2.08. The largest absolute Gasteiger partial charge is 0.290 e. The molecule has 0 aromatic carbocycles. The molecule has 0 radical (unpaired) electrons. The summed E-state index contributed by atoms with van der Waals surface area (Å²) in [4.78, 5) is 23.2. The van der Waals surface area contributed by atoms with Gasteiger partial charge in [-0.3, -0.25) is 9.59 Å². The Morgan fingerprint density at radius 3 is 1.86 bits per heavy atom. The van der Waals surface area contributed by atoms with E-state index >= 15 is 0 Å². The quantitative estimate of drug-likeness (QED) is 0.354. The predicted octanol–water partition coefficient (Wildman–Crippen LogP) is 5.65. The fraction of sp³-hybridized carbons (Fsp3) is 0.667. The van der Waals surface area contributed by atoms with Gasteiger partial charge in [-0.1, -0.05) is 64.7 Å². The van der Waals surface area contributed by atoms with Crippen LogP contribution in [0.3, 0.4) is 0 Å². The average molecular weight is 355 g/mol. The highest BCUT2D eigenvalue weighted by Crippen LogP contribution is 2.21. The highest BCUT2D eigenvalue weighted by molar-refractivity contribution is 9.12. The van der Waals surface area contributed by atoms with Crippen LogP contribution in [0.15, 0.2) is 22.2 Å². The van der Waals surface area contributed by atoms with Crippen molar-refractivity contribution in [3.8, 4) is 0 Å². The van der Waals surface area contributed by atoms with E-state index in [0.717, 1.165) is 19.3 Å². The second-order valence-electron chi connectivity index (χ2n) is 5.82. The molecule has 0 aromatic heterocycles. The summed E-state index contributed by atoms with van der Waals surface area (Å²) in [5, 5.41) is 0. The fourth-order valence-electron chi connectivity index (χ4n) is 2.58. The maximum absolute atomic E-state index is 11.7. The molecule has 118 valence electrons. The molecule has 0 spiro atoms. The van der Waals surface area contributed by atoms with Crippen LogP contribution in [0.5, 0.6) is 0 Å². The van der Waals surface area contributed by atoms with Gasteiger partial charge in [-0.05, 0) is 34.8 Å². The summed E-state index contributed by atoms with van der Waals surface area (Å²) < 4.78 is 0.374. The molecule has 0 heterocycles. The van der Waals surface area contributed by atoms with Crippen molar-refractivity contribution in [3.05, 3.63) is 22.2 Å². The van der Waals surface area contributed by atoms with Gasteiger partial charge in [-0.25, -0.2) is 0 Å². The topological polar surface area (TPSA) is 34.1 Å². The molecule has 2 nitrogen and oxygen atoms in total. The van der Waals surface area contributed by atoms with Crippen LogP contribution in [0.1, 0.15) is 77.6 Å². The third-order valence-electron chi connectivity index (χ3n) is 3.91. The van der Waals surface area contributed by atoms with Gasteiger partial charge in [0.2, 0.25) is 0 Å². The van der Waals surface area contributed by atoms with E-state index in [1.165, 1.54) is 63.5 Å². The van der Waals surface area contributed by atoms with Crippen LogP contribution in [0.2, 0.25) is 0 Å². The van der Waals surface area contributed by atoms with Crippen molar-refractivity contribution in [2.45, 2.75) is 77.6 Å². The molecule has 21 heavy (non-hydrogen) atoms. The second kappa shape index (κ2) is 10.9. The van der Waals surface area contributed by atoms with Gasteiger partial charge in [0.05, 0.1) is 4.48 Å². The monoisotopic (exact) mass is 354 g/mol. The standard InChI is InChI=1S/C18H27BrO2/c1-2-3-4-5-6-7-8-9-10-11-12-15-13-18(21)16(19)14-17(15)20/h13-14H,2-12H2,1H3. The number of unbranched alkanes of at least 4 members (excludes halogenated alkanes) is 9. The van der Waals surface area contributed by atoms with E-state index < -0.39 is 0 Å². The molecule has 0 N–H and O–H groups in total. The van der Waals surface area contributed by atoms with E-state index in [-0.39, 0.29) is 11.6 Å². The number of ketones is 2. The van der Waals surface area contributed by atoms with Crippen LogP contribution in [0, 0.1) is 0 Å². The maximum atomic E-state index is 11.7. The number of rotatable bonds is 11. The molecular weight excluding hydrogens is 328 g/mol. The molecule has 1 rings (SSSR count). The summed E-state index contributed by atoms with van der Waals surface area (Å²) in [5.41, 5.74) is 0.669. The van der Waals surface area contributed by atoms with Gasteiger partial charge in [0, 0.05) is 11.6 Å². The van der Waals surface area contributed by atoms with E-state index in [1.807, 2.05) is 0 Å². The number of halogens is 1. The minimum Gasteiger partial charge on any atom is -0.290 e. The number of allylic oxidation sites excluding steroid dienone is 4. The Balaban J connectivity index is 2.01. The molecule has 0 aromatic rings. The first kappa shape index (κ1) is 18.3. The van der Waals surface area contributed by atoms with Crippen LogP contribution in [0.25, 0.3) is 0 Å². The summed E-state index contributed by atoms with van der Waals surface area (Å²) in [5.74, 6) is -0.103. The van der Waals surface area contributed by atoms with Crippen molar-refractivity contribution in [1.29, 1.82) is 0 Å². The molecule has 3 heteroatoms. The number of carbonyl (C=O) groups excluding carboxylic acids is 2.